The van der Waals surface area contributed by atoms with Gasteiger partial charge in [-0.2, -0.15) is 0 Å². The molecule has 1 aromatic carbocycles. The van der Waals surface area contributed by atoms with Crippen LogP contribution in [0.15, 0.2) is 43.7 Å². The largest absolute Gasteiger partial charge is 0.332 e. The van der Waals surface area contributed by atoms with Crippen LogP contribution in [-0.4, -0.2) is 29.1 Å². The van der Waals surface area contributed by atoms with Gasteiger partial charge in [0, 0.05) is 19.0 Å². The Morgan fingerprint density at radius 1 is 1.09 bits per heavy atom. The Morgan fingerprint density at radius 2 is 1.79 bits per heavy atom. The summed E-state index contributed by atoms with van der Waals surface area (Å²) in [6.45, 7) is 10.3. The fourth-order valence-corrected chi connectivity index (χ4v) is 4.70. The lowest BCUT2D eigenvalue weighted by molar-refractivity contribution is 0.535. The highest BCUT2D eigenvalue weighted by atomic mass is 32.2. The number of aromatic nitrogens is 6. The zero-order valence-electron chi connectivity index (χ0n) is 20.2. The van der Waals surface area contributed by atoms with Crippen molar-refractivity contribution in [2.24, 2.45) is 7.05 Å². The first kappa shape index (κ1) is 23.9. The molecular weight excluding hydrogens is 452 g/mol. The van der Waals surface area contributed by atoms with Crippen molar-refractivity contribution in [3.8, 4) is 0 Å². The second-order valence-corrected chi connectivity index (χ2v) is 10.7. The molecule has 4 rings (SSSR count). The molecule has 0 amide bonds. The molecule has 0 radical (unpaired) electrons. The number of aromatic amines is 1. The van der Waals surface area contributed by atoms with Crippen LogP contribution >= 0.6 is 11.8 Å². The number of H-pyrrole nitrogens is 1. The summed E-state index contributed by atoms with van der Waals surface area (Å²) in [4.78, 5) is 55.6. The minimum Gasteiger partial charge on any atom is -0.309 e. The predicted molar refractivity (Wildman–Crippen MR) is 135 cm³/mol. The van der Waals surface area contributed by atoms with E-state index in [1.54, 1.807) is 22.8 Å². The number of hydrogen-bond acceptors (Lipinski definition) is 7. The van der Waals surface area contributed by atoms with Gasteiger partial charge in [0.15, 0.2) is 5.65 Å². The summed E-state index contributed by atoms with van der Waals surface area (Å²) in [7, 11) is 1.47. The van der Waals surface area contributed by atoms with E-state index in [1.807, 2.05) is 40.7 Å². The summed E-state index contributed by atoms with van der Waals surface area (Å²) in [6, 6.07) is 7.15. The van der Waals surface area contributed by atoms with E-state index in [9.17, 15) is 14.4 Å². The van der Waals surface area contributed by atoms with Crippen LogP contribution in [0.3, 0.4) is 0 Å². The smallest absolute Gasteiger partial charge is 0.309 e. The molecule has 0 fully saturated rings. The van der Waals surface area contributed by atoms with Gasteiger partial charge in [0.2, 0.25) is 0 Å². The molecule has 0 saturated heterocycles. The molecule has 0 spiro atoms. The first-order valence-electron chi connectivity index (χ1n) is 11.2. The Kier molecular flexibility index (Phi) is 6.20. The average Bonchev–Trinajstić information content (AvgIpc) is 2.79. The van der Waals surface area contributed by atoms with Crippen LogP contribution in [-0.2, 0) is 19.0 Å². The molecule has 0 unspecified atom stereocenters. The van der Waals surface area contributed by atoms with Crippen molar-refractivity contribution in [3.05, 3.63) is 67.1 Å². The topological polar surface area (TPSA) is 116 Å². The number of nitrogens with one attached hydrogen (secondary N) is 1. The van der Waals surface area contributed by atoms with E-state index in [0.717, 1.165) is 4.57 Å². The molecule has 0 aliphatic carbocycles. The molecule has 3 aromatic heterocycles. The Balaban J connectivity index is 1.95. The van der Waals surface area contributed by atoms with Crippen LogP contribution < -0.4 is 16.8 Å². The quantitative estimate of drug-likeness (QED) is 0.344. The monoisotopic (exact) mass is 480 g/mol. The summed E-state index contributed by atoms with van der Waals surface area (Å²) in [5.41, 5.74) is -0.529. The number of thioether (sulfide) groups is 1. The van der Waals surface area contributed by atoms with Crippen LogP contribution in [0.5, 0.6) is 0 Å². The van der Waals surface area contributed by atoms with Crippen molar-refractivity contribution in [3.63, 3.8) is 0 Å². The fourth-order valence-electron chi connectivity index (χ4n) is 3.70. The molecule has 9 nitrogen and oxygen atoms in total. The Bertz CT molecular complexity index is 1580. The number of rotatable bonds is 5. The fraction of sp³-hybridized carbons (Fsp3) is 0.417. The normalized spacial score (nSPS) is 13.0. The van der Waals surface area contributed by atoms with Crippen molar-refractivity contribution >= 4 is 33.7 Å². The van der Waals surface area contributed by atoms with Crippen molar-refractivity contribution in [1.29, 1.82) is 0 Å². The second-order valence-electron chi connectivity index (χ2n) is 9.33. The van der Waals surface area contributed by atoms with Gasteiger partial charge in [0.1, 0.15) is 22.1 Å². The molecule has 178 valence electrons. The summed E-state index contributed by atoms with van der Waals surface area (Å²) in [5.74, 6) is 1.02. The molecule has 10 heteroatoms. The molecule has 4 aromatic rings. The van der Waals surface area contributed by atoms with Gasteiger partial charge < -0.3 is 4.98 Å². The number of benzene rings is 1. The lowest BCUT2D eigenvalue weighted by Gasteiger charge is -2.21. The highest BCUT2D eigenvalue weighted by Crippen LogP contribution is 2.36. The van der Waals surface area contributed by atoms with Gasteiger partial charge in [0.25, 0.3) is 11.1 Å². The van der Waals surface area contributed by atoms with Gasteiger partial charge in [-0.15, -0.1) is 0 Å². The third kappa shape index (κ3) is 4.18. The SMILES string of the molecule is CCCn1c(=O)n(C)c(=O)c2c(S[C@@H](C)c3nc4ccccc4c(=O)[nH]3)nc(C(C)(C)C)nc21. The number of para-hydroxylation sites is 1. The summed E-state index contributed by atoms with van der Waals surface area (Å²) in [6.07, 6.45) is 0.711. The third-order valence-corrected chi connectivity index (χ3v) is 6.67. The number of aryl methyl sites for hydroxylation is 1. The van der Waals surface area contributed by atoms with E-state index in [1.165, 1.54) is 18.8 Å². The van der Waals surface area contributed by atoms with Crippen LogP contribution in [0.4, 0.5) is 0 Å². The molecule has 0 saturated carbocycles. The minimum atomic E-state index is -0.442. The van der Waals surface area contributed by atoms with Crippen molar-refractivity contribution in [2.45, 2.75) is 63.3 Å². The van der Waals surface area contributed by atoms with Crippen molar-refractivity contribution in [2.75, 3.05) is 0 Å². The van der Waals surface area contributed by atoms with Gasteiger partial charge in [-0.25, -0.2) is 19.7 Å². The number of hydrogen-bond donors (Lipinski definition) is 1. The maximum absolute atomic E-state index is 13.2. The zero-order chi connectivity index (χ0) is 24.8. The third-order valence-electron chi connectivity index (χ3n) is 5.57. The van der Waals surface area contributed by atoms with Crippen molar-refractivity contribution in [1.82, 2.24) is 29.1 Å². The first-order valence-corrected chi connectivity index (χ1v) is 12.1. The Labute approximate surface area is 200 Å². The highest BCUT2D eigenvalue weighted by molar-refractivity contribution is 7.99. The van der Waals surface area contributed by atoms with Crippen LogP contribution in [0.25, 0.3) is 21.9 Å². The van der Waals surface area contributed by atoms with Crippen LogP contribution in [0, 0.1) is 0 Å². The van der Waals surface area contributed by atoms with Gasteiger partial charge in [0.05, 0.1) is 16.2 Å². The molecule has 3 heterocycles. The van der Waals surface area contributed by atoms with Gasteiger partial charge in [-0.1, -0.05) is 51.6 Å². The second kappa shape index (κ2) is 8.83. The van der Waals surface area contributed by atoms with E-state index in [0.29, 0.717) is 51.6 Å². The molecule has 34 heavy (non-hydrogen) atoms. The predicted octanol–water partition coefficient (Wildman–Crippen LogP) is 3.29. The van der Waals surface area contributed by atoms with E-state index >= 15 is 0 Å². The van der Waals surface area contributed by atoms with Crippen molar-refractivity contribution < 1.29 is 0 Å². The molecular formula is C24H28N6O3S. The molecule has 1 N–H and O–H groups in total. The number of nitrogens with zero attached hydrogens (tertiary/aromatic N) is 5. The van der Waals surface area contributed by atoms with E-state index < -0.39 is 16.7 Å². The van der Waals surface area contributed by atoms with Crippen LogP contribution in [0.2, 0.25) is 0 Å². The molecule has 0 aliphatic rings. The minimum absolute atomic E-state index is 0.219. The van der Waals surface area contributed by atoms with Crippen LogP contribution in [0.1, 0.15) is 57.9 Å². The summed E-state index contributed by atoms with van der Waals surface area (Å²) in [5, 5.41) is 0.954. The highest BCUT2D eigenvalue weighted by Gasteiger charge is 2.26. The Hall–Kier alpha value is -3.27. The molecule has 0 bridgehead atoms. The van der Waals surface area contributed by atoms with Gasteiger partial charge in [-0.3, -0.25) is 18.7 Å². The maximum atomic E-state index is 13.2. The molecule has 1 atom stereocenters. The zero-order valence-corrected chi connectivity index (χ0v) is 21.0. The first-order chi connectivity index (χ1) is 16.0. The number of fused-ring (bicyclic) bond motifs is 2. The maximum Gasteiger partial charge on any atom is 0.332 e. The van der Waals surface area contributed by atoms with E-state index in [4.69, 9.17) is 4.98 Å². The van der Waals surface area contributed by atoms with E-state index in [2.05, 4.69) is 15.0 Å². The standard InChI is InChI=1S/C24H28N6O3S/c1-7-12-30-18-16(21(32)29(6)23(30)33)20(28-22(27-18)24(3,4)5)34-13(2)17-25-15-11-9-8-10-14(15)19(31)26-17/h8-11,13H,7,12H2,1-6H3,(H,25,26,31)/t13-/m0/s1. The summed E-state index contributed by atoms with van der Waals surface area (Å²) >= 11 is 1.32. The Morgan fingerprint density at radius 3 is 2.47 bits per heavy atom. The lowest BCUT2D eigenvalue weighted by atomic mass is 9.96. The van der Waals surface area contributed by atoms with Gasteiger partial charge in [-0.05, 0) is 25.5 Å². The molecule has 0 aliphatic heterocycles. The van der Waals surface area contributed by atoms with Gasteiger partial charge >= 0.3 is 5.69 Å². The summed E-state index contributed by atoms with van der Waals surface area (Å²) < 4.78 is 2.64. The lowest BCUT2D eigenvalue weighted by Crippen LogP contribution is -2.39. The average molecular weight is 481 g/mol. The van der Waals surface area contributed by atoms with E-state index in [-0.39, 0.29) is 10.8 Å².